The van der Waals surface area contributed by atoms with Crippen molar-refractivity contribution in [2.75, 3.05) is 18.2 Å². The van der Waals surface area contributed by atoms with Crippen molar-refractivity contribution in [3.8, 4) is 0 Å². The van der Waals surface area contributed by atoms with Crippen LogP contribution in [-0.4, -0.2) is 35.6 Å². The average molecular weight is 296 g/mol. The van der Waals surface area contributed by atoms with E-state index in [4.69, 9.17) is 10.5 Å². The van der Waals surface area contributed by atoms with E-state index >= 15 is 0 Å². The van der Waals surface area contributed by atoms with Crippen molar-refractivity contribution in [1.29, 1.82) is 0 Å². The first-order chi connectivity index (χ1) is 9.67. The second-order valence-electron chi connectivity index (χ2n) is 5.53. The van der Waals surface area contributed by atoms with Crippen LogP contribution in [0.3, 0.4) is 0 Å². The molecule has 0 bridgehead atoms. The number of anilines is 2. The lowest BCUT2D eigenvalue weighted by Crippen LogP contribution is -2.27. The van der Waals surface area contributed by atoms with Gasteiger partial charge in [-0.1, -0.05) is 0 Å². The summed E-state index contributed by atoms with van der Waals surface area (Å²) in [6.45, 7) is 0. The molecular formula is C13H20N4O2S. The average Bonchev–Trinajstić information content (AvgIpc) is 2.99. The zero-order valence-corrected chi connectivity index (χ0v) is 12.3. The number of rotatable bonds is 5. The second-order valence-corrected chi connectivity index (χ2v) is 6.31. The summed E-state index contributed by atoms with van der Waals surface area (Å²) in [6.07, 6.45) is 5.47. The Hall–Kier alpha value is -1.34. The van der Waals surface area contributed by atoms with Crippen molar-refractivity contribution in [1.82, 2.24) is 9.69 Å². The molecule has 1 amide bonds. The van der Waals surface area contributed by atoms with Gasteiger partial charge in [0.2, 0.25) is 0 Å². The van der Waals surface area contributed by atoms with Gasteiger partial charge in [0.1, 0.15) is 10.6 Å². The van der Waals surface area contributed by atoms with E-state index in [1.165, 1.54) is 11.5 Å². The lowest BCUT2D eigenvalue weighted by atomic mass is 10.2. The van der Waals surface area contributed by atoms with Crippen molar-refractivity contribution in [2.45, 2.75) is 50.3 Å². The van der Waals surface area contributed by atoms with Gasteiger partial charge in [0.15, 0.2) is 5.82 Å². The normalized spacial score (nSPS) is 25.6. The van der Waals surface area contributed by atoms with Crippen LogP contribution in [0, 0.1) is 0 Å². The highest BCUT2D eigenvalue weighted by Crippen LogP contribution is 2.32. The number of hydrogen-bond donors (Lipinski definition) is 3. The van der Waals surface area contributed by atoms with E-state index in [-0.39, 0.29) is 5.91 Å². The molecule has 20 heavy (non-hydrogen) atoms. The molecule has 1 aromatic heterocycles. The molecule has 0 aromatic carbocycles. The van der Waals surface area contributed by atoms with Crippen LogP contribution in [0.4, 0.5) is 10.8 Å². The quantitative estimate of drug-likeness (QED) is 0.768. The number of aromatic nitrogens is 1. The summed E-state index contributed by atoms with van der Waals surface area (Å²) in [5.41, 5.74) is 6.34. The molecule has 2 fully saturated rings. The summed E-state index contributed by atoms with van der Waals surface area (Å²) in [7, 11) is 1.74. The first-order valence-electron chi connectivity index (χ1n) is 7.02. The Balaban J connectivity index is 1.68. The third-order valence-electron chi connectivity index (χ3n) is 3.91. The molecule has 2 saturated carbocycles. The van der Waals surface area contributed by atoms with Crippen LogP contribution in [-0.2, 0) is 4.74 Å². The number of methoxy groups -OCH3 is 1. The second kappa shape index (κ2) is 5.57. The third-order valence-corrected chi connectivity index (χ3v) is 4.70. The maximum absolute atomic E-state index is 12.2. The maximum Gasteiger partial charge on any atom is 0.258 e. The summed E-state index contributed by atoms with van der Waals surface area (Å²) in [6, 6.07) is 0.645. The first-order valence-corrected chi connectivity index (χ1v) is 7.80. The Morgan fingerprint density at radius 2 is 2.10 bits per heavy atom. The highest BCUT2D eigenvalue weighted by atomic mass is 32.1. The Bertz CT molecular complexity index is 501. The summed E-state index contributed by atoms with van der Waals surface area (Å²) in [4.78, 5) is 12.2. The minimum absolute atomic E-state index is 0.109. The molecule has 2 aliphatic carbocycles. The highest BCUT2D eigenvalue weighted by molar-refractivity contribution is 7.11. The molecule has 1 aromatic rings. The van der Waals surface area contributed by atoms with Gasteiger partial charge >= 0.3 is 0 Å². The number of carbonyl (C=O) groups excluding carboxylic acids is 1. The van der Waals surface area contributed by atoms with E-state index in [0.29, 0.717) is 29.6 Å². The summed E-state index contributed by atoms with van der Waals surface area (Å²) in [5.74, 6) is 0.208. The van der Waals surface area contributed by atoms with Crippen LogP contribution in [0.25, 0.3) is 0 Å². The van der Waals surface area contributed by atoms with Crippen LogP contribution >= 0.6 is 11.5 Å². The van der Waals surface area contributed by atoms with Gasteiger partial charge in [-0.15, -0.1) is 0 Å². The van der Waals surface area contributed by atoms with Crippen LogP contribution in [0.2, 0.25) is 0 Å². The fraction of sp³-hybridized carbons (Fsp3) is 0.692. The maximum atomic E-state index is 12.2. The van der Waals surface area contributed by atoms with E-state index in [1.807, 2.05) is 0 Å². The molecule has 6 nitrogen and oxygen atoms in total. The van der Waals surface area contributed by atoms with Gasteiger partial charge < -0.3 is 21.1 Å². The molecule has 0 radical (unpaired) electrons. The zero-order chi connectivity index (χ0) is 14.1. The van der Waals surface area contributed by atoms with Gasteiger partial charge in [-0.2, -0.15) is 4.37 Å². The molecule has 2 aliphatic rings. The number of nitrogens with one attached hydrogen (secondary N) is 2. The number of nitrogens with zero attached hydrogens (tertiary/aromatic N) is 1. The lowest BCUT2D eigenvalue weighted by molar-refractivity contribution is 0.0953. The third kappa shape index (κ3) is 2.88. The van der Waals surface area contributed by atoms with Crippen molar-refractivity contribution in [3.05, 3.63) is 5.56 Å². The van der Waals surface area contributed by atoms with Crippen molar-refractivity contribution in [3.63, 3.8) is 0 Å². The Morgan fingerprint density at radius 3 is 2.75 bits per heavy atom. The van der Waals surface area contributed by atoms with Crippen molar-refractivity contribution >= 4 is 28.3 Å². The van der Waals surface area contributed by atoms with Crippen LogP contribution in [0.5, 0.6) is 0 Å². The van der Waals surface area contributed by atoms with Crippen molar-refractivity contribution < 1.29 is 9.53 Å². The van der Waals surface area contributed by atoms with Gasteiger partial charge in [-0.3, -0.25) is 4.79 Å². The number of nitrogen functional groups attached to an aromatic ring is 1. The molecule has 2 unspecified atom stereocenters. The molecule has 4 N–H and O–H groups in total. The molecule has 3 rings (SSSR count). The number of ether oxygens (including phenoxy) is 1. The zero-order valence-electron chi connectivity index (χ0n) is 11.5. The monoisotopic (exact) mass is 296 g/mol. The highest BCUT2D eigenvalue weighted by Gasteiger charge is 2.30. The summed E-state index contributed by atoms with van der Waals surface area (Å²) < 4.78 is 9.48. The van der Waals surface area contributed by atoms with Crippen LogP contribution in [0.1, 0.15) is 42.5 Å². The van der Waals surface area contributed by atoms with E-state index in [0.717, 1.165) is 37.1 Å². The Morgan fingerprint density at radius 1 is 1.35 bits per heavy atom. The minimum atomic E-state index is -0.109. The molecule has 0 spiro atoms. The molecule has 7 heteroatoms. The van der Waals surface area contributed by atoms with Gasteiger partial charge in [0, 0.05) is 19.2 Å². The minimum Gasteiger partial charge on any atom is -0.382 e. The van der Waals surface area contributed by atoms with E-state index in [2.05, 4.69) is 15.0 Å². The van der Waals surface area contributed by atoms with Crippen molar-refractivity contribution in [2.24, 2.45) is 0 Å². The van der Waals surface area contributed by atoms with Crippen LogP contribution < -0.4 is 16.4 Å². The first kappa shape index (κ1) is 13.6. The lowest BCUT2D eigenvalue weighted by Gasteiger charge is -2.14. The predicted molar refractivity (Wildman–Crippen MR) is 79.1 cm³/mol. The topological polar surface area (TPSA) is 89.3 Å². The number of carbonyl (C=O) groups is 1. The van der Waals surface area contributed by atoms with Gasteiger partial charge in [-0.05, 0) is 43.6 Å². The summed E-state index contributed by atoms with van der Waals surface area (Å²) >= 11 is 1.26. The molecular weight excluding hydrogens is 276 g/mol. The fourth-order valence-corrected chi connectivity index (χ4v) is 3.37. The number of hydrogen-bond acceptors (Lipinski definition) is 6. The number of amides is 1. The molecule has 2 atom stereocenters. The number of nitrogens with two attached hydrogens (primary N) is 1. The van der Waals surface area contributed by atoms with Crippen LogP contribution in [0.15, 0.2) is 0 Å². The SMILES string of the molecule is COC1CCC(Nc2snc(N)c2C(=O)NC2CC2)C1. The predicted octanol–water partition coefficient (Wildman–Crippen LogP) is 1.60. The molecule has 1 heterocycles. The molecule has 0 saturated heterocycles. The Kier molecular flexibility index (Phi) is 3.80. The van der Waals surface area contributed by atoms with Gasteiger partial charge in [0.25, 0.3) is 5.91 Å². The fourth-order valence-electron chi connectivity index (χ4n) is 2.58. The van der Waals surface area contributed by atoms with Gasteiger partial charge in [0.05, 0.1) is 6.10 Å². The standard InChI is InChI=1S/C13H20N4O2S/c1-19-9-5-4-8(6-9)16-13-10(11(14)17-20-13)12(18)15-7-2-3-7/h7-9,16H,2-6H2,1H3,(H2,14,17)(H,15,18). The van der Waals surface area contributed by atoms with E-state index in [1.54, 1.807) is 7.11 Å². The van der Waals surface area contributed by atoms with Gasteiger partial charge in [-0.25, -0.2) is 0 Å². The molecule has 0 aliphatic heterocycles. The van der Waals surface area contributed by atoms with E-state index < -0.39 is 0 Å². The smallest absolute Gasteiger partial charge is 0.258 e. The summed E-state index contributed by atoms with van der Waals surface area (Å²) in [5, 5.41) is 7.15. The Labute approximate surface area is 122 Å². The van der Waals surface area contributed by atoms with E-state index in [9.17, 15) is 4.79 Å². The molecule has 110 valence electrons. The largest absolute Gasteiger partial charge is 0.382 e.